The molecule has 0 rings (SSSR count). The molecular weight excluding hydrogens is 308 g/mol. The van der Waals surface area contributed by atoms with Crippen LogP contribution < -0.4 is 0 Å². The zero-order chi connectivity index (χ0) is 14.5. The first-order chi connectivity index (χ1) is 9.11. The third-order valence-electron chi connectivity index (χ3n) is 3.01. The minimum absolute atomic E-state index is 0.277. The van der Waals surface area contributed by atoms with Gasteiger partial charge in [0.2, 0.25) is 0 Å². The van der Waals surface area contributed by atoms with Crippen molar-refractivity contribution in [3.63, 3.8) is 0 Å². The summed E-state index contributed by atoms with van der Waals surface area (Å²) < 4.78 is 10.3. The van der Waals surface area contributed by atoms with Crippen LogP contribution in [-0.4, -0.2) is 31.1 Å². The maximum Gasteiger partial charge on any atom is 0.333 e. The maximum absolute atomic E-state index is 11.1. The van der Waals surface area contributed by atoms with Gasteiger partial charge in [-0.05, 0) is 19.8 Å². The summed E-state index contributed by atoms with van der Waals surface area (Å²) in [6.45, 7) is 5.73. The number of methoxy groups -OCH3 is 1. The highest BCUT2D eigenvalue weighted by molar-refractivity contribution is 9.09. The highest BCUT2D eigenvalue weighted by Crippen LogP contribution is 2.11. The Morgan fingerprint density at radius 3 is 2.26 bits per heavy atom. The number of unbranched alkanes of at least 4 members (excludes halogenated alkanes) is 5. The van der Waals surface area contributed by atoms with Gasteiger partial charge in [0.05, 0.1) is 12.7 Å². The Morgan fingerprint density at radius 1 is 1.16 bits per heavy atom. The van der Waals surface area contributed by atoms with Gasteiger partial charge in [-0.15, -0.1) is 0 Å². The highest BCUT2D eigenvalue weighted by atomic mass is 79.9. The lowest BCUT2D eigenvalue weighted by Crippen LogP contribution is -2.11. The van der Waals surface area contributed by atoms with Crippen molar-refractivity contribution in [2.24, 2.45) is 0 Å². The largest absolute Gasteiger partial charge is 0.462 e. The monoisotopic (exact) mass is 334 g/mol. The first kappa shape index (κ1) is 18.7. The Bertz CT molecular complexity index is 250. The van der Waals surface area contributed by atoms with E-state index in [9.17, 15) is 4.79 Å². The minimum atomic E-state index is -0.277. The number of alkyl halides is 1. The van der Waals surface area contributed by atoms with Crippen molar-refractivity contribution in [1.82, 2.24) is 0 Å². The third kappa shape index (κ3) is 11.2. The van der Waals surface area contributed by atoms with Crippen LogP contribution >= 0.6 is 15.9 Å². The lowest BCUT2D eigenvalue weighted by molar-refractivity contribution is -0.139. The topological polar surface area (TPSA) is 35.5 Å². The second-order valence-electron chi connectivity index (χ2n) is 4.84. The van der Waals surface area contributed by atoms with E-state index >= 15 is 0 Å². The van der Waals surface area contributed by atoms with Crippen molar-refractivity contribution < 1.29 is 14.3 Å². The number of halogens is 1. The molecular formula is C15H27BrO3. The maximum atomic E-state index is 11.1. The fourth-order valence-corrected chi connectivity index (χ4v) is 2.32. The Balaban J connectivity index is 3.23. The standard InChI is InChI=1S/C15H27BrO3/c1-13(2)15(17)19-11-9-7-5-4-6-8-10-14(12-16)18-3/h14H,1,4-12H2,2-3H3. The van der Waals surface area contributed by atoms with Crippen LogP contribution in [0.1, 0.15) is 51.9 Å². The first-order valence-electron chi connectivity index (χ1n) is 7.03. The van der Waals surface area contributed by atoms with Crippen LogP contribution in [0.2, 0.25) is 0 Å². The third-order valence-corrected chi connectivity index (χ3v) is 3.73. The van der Waals surface area contributed by atoms with Crippen LogP contribution in [0.4, 0.5) is 0 Å². The molecule has 0 saturated carbocycles. The second-order valence-corrected chi connectivity index (χ2v) is 5.49. The Kier molecular flexibility index (Phi) is 12.4. The predicted molar refractivity (Wildman–Crippen MR) is 82.7 cm³/mol. The van der Waals surface area contributed by atoms with Gasteiger partial charge in [0, 0.05) is 18.0 Å². The van der Waals surface area contributed by atoms with Crippen LogP contribution in [0.25, 0.3) is 0 Å². The quantitative estimate of drug-likeness (QED) is 0.232. The van der Waals surface area contributed by atoms with Crippen molar-refractivity contribution in [1.29, 1.82) is 0 Å². The smallest absolute Gasteiger partial charge is 0.333 e. The Hall–Kier alpha value is -0.350. The van der Waals surface area contributed by atoms with Crippen LogP contribution in [0.15, 0.2) is 12.2 Å². The fraction of sp³-hybridized carbons (Fsp3) is 0.800. The van der Waals surface area contributed by atoms with E-state index in [-0.39, 0.29) is 5.97 Å². The number of carbonyl (C=O) groups excluding carboxylic acids is 1. The van der Waals surface area contributed by atoms with Crippen molar-refractivity contribution in [2.75, 3.05) is 19.0 Å². The summed E-state index contributed by atoms with van der Waals surface area (Å²) in [5.41, 5.74) is 0.472. The molecule has 3 nitrogen and oxygen atoms in total. The van der Waals surface area contributed by atoms with Gasteiger partial charge < -0.3 is 9.47 Å². The van der Waals surface area contributed by atoms with E-state index in [0.717, 1.165) is 24.6 Å². The van der Waals surface area contributed by atoms with Gasteiger partial charge in [0.15, 0.2) is 0 Å². The number of carbonyl (C=O) groups is 1. The van der Waals surface area contributed by atoms with Crippen LogP contribution in [0.5, 0.6) is 0 Å². The summed E-state index contributed by atoms with van der Waals surface area (Å²) in [5, 5.41) is 0.914. The van der Waals surface area contributed by atoms with E-state index in [4.69, 9.17) is 9.47 Å². The average molecular weight is 335 g/mol. The number of rotatable bonds is 12. The second kappa shape index (κ2) is 12.7. The summed E-state index contributed by atoms with van der Waals surface area (Å²) in [6.07, 6.45) is 8.45. The van der Waals surface area contributed by atoms with E-state index in [1.165, 1.54) is 25.7 Å². The van der Waals surface area contributed by atoms with Crippen molar-refractivity contribution in [2.45, 2.75) is 58.0 Å². The first-order valence-corrected chi connectivity index (χ1v) is 8.15. The van der Waals surface area contributed by atoms with Crippen LogP contribution in [0, 0.1) is 0 Å². The van der Waals surface area contributed by atoms with Crippen molar-refractivity contribution >= 4 is 21.9 Å². The molecule has 0 saturated heterocycles. The van der Waals surface area contributed by atoms with Crippen LogP contribution in [-0.2, 0) is 14.3 Å². The van der Waals surface area contributed by atoms with Crippen molar-refractivity contribution in [3.05, 3.63) is 12.2 Å². The Morgan fingerprint density at radius 2 is 1.74 bits per heavy atom. The molecule has 0 radical (unpaired) electrons. The van der Waals surface area contributed by atoms with Gasteiger partial charge in [0.25, 0.3) is 0 Å². The van der Waals surface area contributed by atoms with Gasteiger partial charge in [-0.25, -0.2) is 4.79 Å². The molecule has 0 aliphatic rings. The molecule has 112 valence electrons. The van der Waals surface area contributed by atoms with E-state index in [1.807, 2.05) is 0 Å². The van der Waals surface area contributed by atoms with Gasteiger partial charge >= 0.3 is 5.97 Å². The van der Waals surface area contributed by atoms with Gasteiger partial charge in [-0.1, -0.05) is 54.6 Å². The average Bonchev–Trinajstić information content (AvgIpc) is 2.40. The molecule has 0 aliphatic carbocycles. The van der Waals surface area contributed by atoms with E-state index in [1.54, 1.807) is 14.0 Å². The normalized spacial score (nSPS) is 12.2. The van der Waals surface area contributed by atoms with Gasteiger partial charge in [-0.2, -0.15) is 0 Å². The Labute approximate surface area is 125 Å². The van der Waals surface area contributed by atoms with E-state index in [2.05, 4.69) is 22.5 Å². The zero-order valence-corrected chi connectivity index (χ0v) is 13.8. The van der Waals surface area contributed by atoms with E-state index < -0.39 is 0 Å². The number of ether oxygens (including phenoxy) is 2. The molecule has 19 heavy (non-hydrogen) atoms. The molecule has 0 amide bonds. The number of hydrogen-bond donors (Lipinski definition) is 0. The molecule has 1 unspecified atom stereocenters. The molecule has 0 aromatic carbocycles. The molecule has 1 atom stereocenters. The molecule has 0 spiro atoms. The van der Waals surface area contributed by atoms with Gasteiger partial charge in [0.1, 0.15) is 0 Å². The van der Waals surface area contributed by atoms with Crippen molar-refractivity contribution in [3.8, 4) is 0 Å². The molecule has 0 fully saturated rings. The summed E-state index contributed by atoms with van der Waals surface area (Å²) in [4.78, 5) is 11.1. The lowest BCUT2D eigenvalue weighted by Gasteiger charge is -2.11. The molecule has 0 aromatic rings. The number of esters is 1. The highest BCUT2D eigenvalue weighted by Gasteiger charge is 2.04. The van der Waals surface area contributed by atoms with Crippen LogP contribution in [0.3, 0.4) is 0 Å². The molecule has 4 heteroatoms. The SMILES string of the molecule is C=C(C)C(=O)OCCCCCCCCC(CBr)OC. The zero-order valence-electron chi connectivity index (χ0n) is 12.3. The summed E-state index contributed by atoms with van der Waals surface area (Å²) in [6, 6.07) is 0. The summed E-state index contributed by atoms with van der Waals surface area (Å²) in [5.74, 6) is -0.277. The molecule has 0 aromatic heterocycles. The van der Waals surface area contributed by atoms with E-state index in [0.29, 0.717) is 18.3 Å². The minimum Gasteiger partial charge on any atom is -0.462 e. The van der Waals surface area contributed by atoms with Gasteiger partial charge in [-0.3, -0.25) is 0 Å². The summed E-state index contributed by atoms with van der Waals surface area (Å²) in [7, 11) is 1.76. The predicted octanol–water partition coefficient (Wildman–Crippen LogP) is 4.25. The molecule has 0 heterocycles. The molecule has 0 bridgehead atoms. The lowest BCUT2D eigenvalue weighted by atomic mass is 10.1. The number of hydrogen-bond acceptors (Lipinski definition) is 3. The summed E-state index contributed by atoms with van der Waals surface area (Å²) >= 11 is 3.44. The molecule has 0 N–H and O–H groups in total. The fourth-order valence-electron chi connectivity index (χ4n) is 1.73. The molecule has 0 aliphatic heterocycles.